The zero-order valence-electron chi connectivity index (χ0n) is 17.7. The van der Waals surface area contributed by atoms with Gasteiger partial charge in [-0.1, -0.05) is 84.0 Å². The Morgan fingerprint density at radius 1 is 0.966 bits per heavy atom. The van der Waals surface area contributed by atoms with Crippen molar-refractivity contribution < 1.29 is 34.4 Å². The fraction of sp³-hybridized carbons (Fsp3) is 0.818. The molecule has 0 aromatic rings. The maximum Gasteiger partial charge on any atom is 0.378 e. The zero-order valence-corrected chi connectivity index (χ0v) is 17.7. The van der Waals surface area contributed by atoms with E-state index in [9.17, 15) is 19.8 Å². The Balaban J connectivity index is 2.06. The number of carbonyl (C=O) groups excluding carboxylic acids is 2. The van der Waals surface area contributed by atoms with Crippen LogP contribution in [0.3, 0.4) is 0 Å². The van der Waals surface area contributed by atoms with Gasteiger partial charge in [-0.05, 0) is 6.42 Å². The fourth-order valence-corrected chi connectivity index (χ4v) is 3.38. The summed E-state index contributed by atoms with van der Waals surface area (Å²) in [5.74, 6) is -2.92. The highest BCUT2D eigenvalue weighted by atomic mass is 16.6. The largest absolute Gasteiger partial charge is 0.499 e. The van der Waals surface area contributed by atoms with Crippen molar-refractivity contribution in [3.63, 3.8) is 0 Å². The number of hydrogen-bond donors (Lipinski definition) is 3. The number of aliphatic hydroxyl groups excluding tert-OH is 3. The minimum atomic E-state index is -1.46. The van der Waals surface area contributed by atoms with E-state index in [4.69, 9.17) is 14.6 Å². The molecule has 1 aliphatic rings. The van der Waals surface area contributed by atoms with Gasteiger partial charge in [0, 0.05) is 6.42 Å². The Hall–Kier alpha value is -1.60. The molecule has 168 valence electrons. The molecule has 0 bridgehead atoms. The normalized spacial score (nSPS) is 17.5. The van der Waals surface area contributed by atoms with Crippen molar-refractivity contribution in [1.82, 2.24) is 0 Å². The van der Waals surface area contributed by atoms with Gasteiger partial charge in [0.2, 0.25) is 11.5 Å². The van der Waals surface area contributed by atoms with Crippen LogP contribution in [-0.2, 0) is 19.1 Å². The Kier molecular flexibility index (Phi) is 13.4. The van der Waals surface area contributed by atoms with E-state index in [1.54, 1.807) is 0 Å². The number of carbonyl (C=O) groups is 2. The van der Waals surface area contributed by atoms with Crippen LogP contribution in [0.15, 0.2) is 11.5 Å². The molecule has 0 aromatic carbocycles. The first-order valence-electron chi connectivity index (χ1n) is 11.1. The van der Waals surface area contributed by atoms with Crippen LogP contribution in [0.25, 0.3) is 0 Å². The van der Waals surface area contributed by atoms with E-state index in [0.717, 1.165) is 19.3 Å². The van der Waals surface area contributed by atoms with Crippen LogP contribution in [0.5, 0.6) is 0 Å². The lowest BCUT2D eigenvalue weighted by atomic mass is 10.0. The molecule has 29 heavy (non-hydrogen) atoms. The minimum absolute atomic E-state index is 0.157. The Labute approximate surface area is 174 Å². The van der Waals surface area contributed by atoms with Crippen molar-refractivity contribution in [3.05, 3.63) is 11.5 Å². The van der Waals surface area contributed by atoms with Gasteiger partial charge in [-0.2, -0.15) is 0 Å². The number of unbranched alkanes of at least 4 members (excludes halogenated alkanes) is 12. The standard InChI is InChI=1S/C22H38O7/c1-2-3-4-5-6-7-8-9-10-11-12-13-14-15-18(25)28-21-19(26)22(27)29-20(21)17(24)16-23/h17,20,23-24,26H,2-16H2,1H3/t17?,20-/m1/s1. The highest BCUT2D eigenvalue weighted by molar-refractivity contribution is 5.90. The topological polar surface area (TPSA) is 113 Å². The molecule has 0 amide bonds. The second-order valence-corrected chi connectivity index (χ2v) is 7.76. The average molecular weight is 415 g/mol. The maximum absolute atomic E-state index is 11.9. The lowest BCUT2D eigenvalue weighted by Crippen LogP contribution is -2.33. The summed E-state index contributed by atoms with van der Waals surface area (Å²) in [6.07, 6.45) is 13.0. The Morgan fingerprint density at radius 3 is 1.93 bits per heavy atom. The first kappa shape index (κ1) is 25.4. The van der Waals surface area contributed by atoms with E-state index in [0.29, 0.717) is 6.42 Å². The SMILES string of the molecule is CCCCCCCCCCCCCCCC(=O)OC1=C(O)C(=O)O[C@@H]1C(O)CO. The molecule has 0 radical (unpaired) electrons. The molecular weight excluding hydrogens is 376 g/mol. The van der Waals surface area contributed by atoms with E-state index in [-0.39, 0.29) is 6.42 Å². The van der Waals surface area contributed by atoms with Gasteiger partial charge in [-0.15, -0.1) is 0 Å². The predicted octanol–water partition coefficient (Wildman–Crippen LogP) is 4.06. The predicted molar refractivity (Wildman–Crippen MR) is 109 cm³/mol. The van der Waals surface area contributed by atoms with E-state index >= 15 is 0 Å². The second kappa shape index (κ2) is 15.3. The summed E-state index contributed by atoms with van der Waals surface area (Å²) < 4.78 is 9.72. The summed E-state index contributed by atoms with van der Waals surface area (Å²) in [4.78, 5) is 23.3. The molecule has 2 atom stereocenters. The maximum atomic E-state index is 11.9. The van der Waals surface area contributed by atoms with E-state index < -0.39 is 42.3 Å². The summed E-state index contributed by atoms with van der Waals surface area (Å²) >= 11 is 0. The zero-order chi connectivity index (χ0) is 21.5. The number of cyclic esters (lactones) is 1. The molecule has 7 heteroatoms. The van der Waals surface area contributed by atoms with Crippen LogP contribution in [-0.4, -0.2) is 46.1 Å². The van der Waals surface area contributed by atoms with Crippen LogP contribution in [0.4, 0.5) is 0 Å². The Morgan fingerprint density at radius 2 is 1.45 bits per heavy atom. The molecule has 0 saturated heterocycles. The average Bonchev–Trinajstić information content (AvgIpc) is 2.99. The lowest BCUT2D eigenvalue weighted by molar-refractivity contribution is -0.151. The van der Waals surface area contributed by atoms with E-state index in [2.05, 4.69) is 6.92 Å². The highest BCUT2D eigenvalue weighted by Gasteiger charge is 2.41. The second-order valence-electron chi connectivity index (χ2n) is 7.76. The van der Waals surface area contributed by atoms with Crippen molar-refractivity contribution in [2.24, 2.45) is 0 Å². The van der Waals surface area contributed by atoms with Crippen molar-refractivity contribution in [1.29, 1.82) is 0 Å². The minimum Gasteiger partial charge on any atom is -0.499 e. The molecule has 1 unspecified atom stereocenters. The molecule has 0 aromatic heterocycles. The van der Waals surface area contributed by atoms with E-state index in [1.165, 1.54) is 57.8 Å². The Bertz CT molecular complexity index is 515. The number of hydrogen-bond acceptors (Lipinski definition) is 7. The summed E-state index contributed by atoms with van der Waals surface area (Å²) in [5.41, 5.74) is 0. The van der Waals surface area contributed by atoms with Gasteiger partial charge in [-0.3, -0.25) is 4.79 Å². The lowest BCUT2D eigenvalue weighted by Gasteiger charge is -2.17. The third-order valence-electron chi connectivity index (χ3n) is 5.16. The first-order chi connectivity index (χ1) is 14.0. The van der Waals surface area contributed by atoms with Crippen LogP contribution in [0.1, 0.15) is 96.8 Å². The third kappa shape index (κ3) is 10.1. The molecule has 3 N–H and O–H groups in total. The van der Waals surface area contributed by atoms with Crippen LogP contribution in [0.2, 0.25) is 0 Å². The van der Waals surface area contributed by atoms with Crippen molar-refractivity contribution >= 4 is 11.9 Å². The van der Waals surface area contributed by atoms with E-state index in [1.807, 2.05) is 0 Å². The summed E-state index contributed by atoms with van der Waals surface area (Å²) in [6.45, 7) is 1.54. The first-order valence-corrected chi connectivity index (χ1v) is 11.1. The van der Waals surface area contributed by atoms with Gasteiger partial charge in [0.25, 0.3) is 0 Å². The number of aliphatic hydroxyl groups is 3. The quantitative estimate of drug-likeness (QED) is 0.243. The molecule has 0 aliphatic carbocycles. The summed E-state index contributed by atoms with van der Waals surface area (Å²) in [7, 11) is 0. The molecule has 1 rings (SSSR count). The van der Waals surface area contributed by atoms with Gasteiger partial charge in [0.15, 0.2) is 6.10 Å². The van der Waals surface area contributed by atoms with Gasteiger partial charge in [0.05, 0.1) is 6.61 Å². The van der Waals surface area contributed by atoms with Crippen LogP contribution < -0.4 is 0 Å². The smallest absolute Gasteiger partial charge is 0.378 e. The van der Waals surface area contributed by atoms with Crippen molar-refractivity contribution in [2.75, 3.05) is 6.61 Å². The van der Waals surface area contributed by atoms with Gasteiger partial charge in [-0.25, -0.2) is 4.79 Å². The monoisotopic (exact) mass is 414 g/mol. The van der Waals surface area contributed by atoms with Gasteiger partial charge < -0.3 is 24.8 Å². The molecule has 0 fully saturated rings. The molecule has 0 saturated carbocycles. The molecule has 1 heterocycles. The van der Waals surface area contributed by atoms with Crippen LogP contribution >= 0.6 is 0 Å². The number of esters is 2. The fourth-order valence-electron chi connectivity index (χ4n) is 3.38. The third-order valence-corrected chi connectivity index (χ3v) is 5.16. The number of ether oxygens (including phenoxy) is 2. The van der Waals surface area contributed by atoms with Crippen LogP contribution in [0, 0.1) is 0 Å². The van der Waals surface area contributed by atoms with Crippen molar-refractivity contribution in [2.45, 2.75) is 109 Å². The summed E-state index contributed by atoms with van der Waals surface area (Å²) in [5, 5.41) is 28.2. The molecule has 0 spiro atoms. The molecule has 7 nitrogen and oxygen atoms in total. The van der Waals surface area contributed by atoms with Crippen molar-refractivity contribution in [3.8, 4) is 0 Å². The molecule has 1 aliphatic heterocycles. The summed E-state index contributed by atoms with van der Waals surface area (Å²) in [6, 6.07) is 0. The highest BCUT2D eigenvalue weighted by Crippen LogP contribution is 2.25. The number of rotatable bonds is 17. The molecular formula is C22H38O7. The van der Waals surface area contributed by atoms with Gasteiger partial charge in [0.1, 0.15) is 6.10 Å². The van der Waals surface area contributed by atoms with Gasteiger partial charge >= 0.3 is 11.9 Å².